The number of nitrogens with zero attached hydrogens (tertiary/aromatic N) is 7. The first-order chi connectivity index (χ1) is 12.7. The SMILES string of the molecule is CC[C@@H]1c2nncn2-c2cnc(-c3ccncc3CN)nc2N1C(C)C. The molecule has 1 aliphatic heterocycles. The van der Waals surface area contributed by atoms with Crippen LogP contribution in [0.2, 0.25) is 0 Å². The van der Waals surface area contributed by atoms with Crippen molar-refractivity contribution in [3.63, 3.8) is 0 Å². The topological polar surface area (TPSA) is 98.6 Å². The van der Waals surface area contributed by atoms with E-state index in [1.807, 2.05) is 16.8 Å². The summed E-state index contributed by atoms with van der Waals surface area (Å²) in [6.07, 6.45) is 8.00. The molecule has 0 unspecified atom stereocenters. The van der Waals surface area contributed by atoms with E-state index in [-0.39, 0.29) is 12.1 Å². The lowest BCUT2D eigenvalue weighted by Gasteiger charge is -2.39. The molecule has 0 amide bonds. The van der Waals surface area contributed by atoms with Gasteiger partial charge in [0.05, 0.1) is 12.2 Å². The molecule has 3 aromatic rings. The third kappa shape index (κ3) is 2.45. The van der Waals surface area contributed by atoms with Crippen molar-refractivity contribution in [3.8, 4) is 17.1 Å². The molecule has 0 aromatic carbocycles. The summed E-state index contributed by atoms with van der Waals surface area (Å²) in [5, 5.41) is 8.45. The standard InChI is InChI=1S/C18H22N8/c1-4-14-18-24-22-10-25(18)15-9-21-16(23-17(15)26(14)11(2)3)13-5-6-20-8-12(13)7-19/h5-6,8-11,14H,4,7,19H2,1-3H3/t14-/m1/s1. The second-order valence-electron chi connectivity index (χ2n) is 6.62. The van der Waals surface area contributed by atoms with Crippen LogP contribution in [0.15, 0.2) is 31.0 Å². The Morgan fingerprint density at radius 2 is 2.12 bits per heavy atom. The minimum Gasteiger partial charge on any atom is -0.342 e. The van der Waals surface area contributed by atoms with Crippen LogP contribution in [0.1, 0.15) is 44.6 Å². The molecule has 26 heavy (non-hydrogen) atoms. The summed E-state index contributed by atoms with van der Waals surface area (Å²) in [6, 6.07) is 2.30. The van der Waals surface area contributed by atoms with Crippen LogP contribution in [0, 0.1) is 0 Å². The van der Waals surface area contributed by atoms with Crippen LogP contribution in [-0.2, 0) is 6.54 Å². The van der Waals surface area contributed by atoms with Gasteiger partial charge >= 0.3 is 0 Å². The Hall–Kier alpha value is -2.87. The Morgan fingerprint density at radius 3 is 2.85 bits per heavy atom. The van der Waals surface area contributed by atoms with Crippen molar-refractivity contribution in [1.29, 1.82) is 0 Å². The van der Waals surface area contributed by atoms with Crippen LogP contribution in [0.5, 0.6) is 0 Å². The van der Waals surface area contributed by atoms with E-state index >= 15 is 0 Å². The number of hydrogen-bond acceptors (Lipinski definition) is 7. The maximum absolute atomic E-state index is 5.87. The van der Waals surface area contributed by atoms with E-state index in [0.717, 1.165) is 34.9 Å². The van der Waals surface area contributed by atoms with Gasteiger partial charge in [0.2, 0.25) is 0 Å². The van der Waals surface area contributed by atoms with Gasteiger partial charge in [0, 0.05) is 30.5 Å². The molecule has 0 saturated heterocycles. The number of rotatable bonds is 4. The molecule has 8 nitrogen and oxygen atoms in total. The summed E-state index contributed by atoms with van der Waals surface area (Å²) in [5.74, 6) is 2.48. The minimum atomic E-state index is 0.124. The molecule has 8 heteroatoms. The number of aromatic nitrogens is 6. The first kappa shape index (κ1) is 16.6. The fraction of sp³-hybridized carbons (Fsp3) is 0.389. The Kier molecular flexibility index (Phi) is 4.12. The predicted octanol–water partition coefficient (Wildman–Crippen LogP) is 2.26. The average molecular weight is 350 g/mol. The molecular weight excluding hydrogens is 328 g/mol. The van der Waals surface area contributed by atoms with Gasteiger partial charge in [-0.05, 0) is 31.9 Å². The van der Waals surface area contributed by atoms with Gasteiger partial charge in [-0.2, -0.15) is 0 Å². The lowest BCUT2D eigenvalue weighted by atomic mass is 10.1. The zero-order valence-corrected chi connectivity index (χ0v) is 15.2. The van der Waals surface area contributed by atoms with Gasteiger partial charge in [-0.3, -0.25) is 9.55 Å². The molecule has 134 valence electrons. The molecule has 4 heterocycles. The second-order valence-corrected chi connectivity index (χ2v) is 6.62. The van der Waals surface area contributed by atoms with Gasteiger partial charge in [0.25, 0.3) is 0 Å². The Bertz CT molecular complexity index is 932. The number of pyridine rings is 1. The minimum absolute atomic E-state index is 0.124. The van der Waals surface area contributed by atoms with E-state index in [2.05, 4.69) is 45.8 Å². The third-order valence-electron chi connectivity index (χ3n) is 4.77. The van der Waals surface area contributed by atoms with Crippen molar-refractivity contribution in [2.75, 3.05) is 4.90 Å². The number of hydrogen-bond donors (Lipinski definition) is 1. The molecule has 0 saturated carbocycles. The smallest absolute Gasteiger partial charge is 0.162 e. The fourth-order valence-corrected chi connectivity index (χ4v) is 3.58. The maximum Gasteiger partial charge on any atom is 0.162 e. The van der Waals surface area contributed by atoms with Gasteiger partial charge in [-0.1, -0.05) is 6.92 Å². The van der Waals surface area contributed by atoms with E-state index in [1.165, 1.54) is 0 Å². The second kappa shape index (κ2) is 6.45. The predicted molar refractivity (Wildman–Crippen MR) is 98.7 cm³/mol. The monoisotopic (exact) mass is 350 g/mol. The Balaban J connectivity index is 1.93. The Morgan fingerprint density at radius 1 is 1.27 bits per heavy atom. The third-order valence-corrected chi connectivity index (χ3v) is 4.77. The molecule has 0 aliphatic carbocycles. The summed E-state index contributed by atoms with van der Waals surface area (Å²) in [6.45, 7) is 6.88. The molecule has 3 aromatic heterocycles. The molecule has 0 fully saturated rings. The van der Waals surface area contributed by atoms with Crippen molar-refractivity contribution in [2.45, 2.75) is 45.8 Å². The first-order valence-corrected chi connectivity index (χ1v) is 8.84. The van der Waals surface area contributed by atoms with Crippen LogP contribution in [0.3, 0.4) is 0 Å². The molecular formula is C18H22N8. The molecule has 0 bridgehead atoms. The summed E-state index contributed by atoms with van der Waals surface area (Å²) >= 11 is 0. The van der Waals surface area contributed by atoms with Crippen molar-refractivity contribution in [3.05, 3.63) is 42.4 Å². The average Bonchev–Trinajstić information content (AvgIpc) is 3.15. The normalized spacial score (nSPS) is 15.9. The summed E-state index contributed by atoms with van der Waals surface area (Å²) < 4.78 is 1.99. The summed E-state index contributed by atoms with van der Waals surface area (Å²) in [7, 11) is 0. The molecule has 1 aliphatic rings. The highest BCUT2D eigenvalue weighted by atomic mass is 15.4. The Labute approximate surface area is 152 Å². The van der Waals surface area contributed by atoms with E-state index in [0.29, 0.717) is 12.4 Å². The highest BCUT2D eigenvalue weighted by Crippen LogP contribution is 2.39. The summed E-state index contributed by atoms with van der Waals surface area (Å²) in [4.78, 5) is 16.0. The van der Waals surface area contributed by atoms with E-state index in [4.69, 9.17) is 10.7 Å². The van der Waals surface area contributed by atoms with Crippen molar-refractivity contribution >= 4 is 5.82 Å². The number of nitrogens with two attached hydrogens (primary N) is 1. The highest BCUT2D eigenvalue weighted by molar-refractivity contribution is 5.67. The number of anilines is 1. The van der Waals surface area contributed by atoms with Gasteiger partial charge in [0.1, 0.15) is 12.0 Å². The molecule has 0 spiro atoms. The maximum atomic E-state index is 5.87. The fourth-order valence-electron chi connectivity index (χ4n) is 3.58. The van der Waals surface area contributed by atoms with E-state index in [1.54, 1.807) is 18.7 Å². The van der Waals surface area contributed by atoms with Crippen molar-refractivity contribution in [1.82, 2.24) is 29.7 Å². The molecule has 1 atom stereocenters. The summed E-state index contributed by atoms with van der Waals surface area (Å²) in [5.41, 5.74) is 8.61. The largest absolute Gasteiger partial charge is 0.342 e. The zero-order chi connectivity index (χ0) is 18.3. The van der Waals surface area contributed by atoms with Crippen LogP contribution >= 0.6 is 0 Å². The van der Waals surface area contributed by atoms with Gasteiger partial charge in [0.15, 0.2) is 17.5 Å². The highest BCUT2D eigenvalue weighted by Gasteiger charge is 2.35. The molecule has 0 radical (unpaired) electrons. The lowest BCUT2D eigenvalue weighted by Crippen LogP contribution is -2.40. The molecule has 2 N–H and O–H groups in total. The van der Waals surface area contributed by atoms with Crippen LogP contribution < -0.4 is 10.6 Å². The van der Waals surface area contributed by atoms with Crippen LogP contribution in [-0.4, -0.2) is 35.8 Å². The van der Waals surface area contributed by atoms with Crippen molar-refractivity contribution in [2.24, 2.45) is 5.73 Å². The first-order valence-electron chi connectivity index (χ1n) is 8.84. The van der Waals surface area contributed by atoms with E-state index in [9.17, 15) is 0 Å². The van der Waals surface area contributed by atoms with Crippen LogP contribution in [0.4, 0.5) is 5.82 Å². The van der Waals surface area contributed by atoms with Crippen LogP contribution in [0.25, 0.3) is 17.1 Å². The van der Waals surface area contributed by atoms with Gasteiger partial charge in [-0.15, -0.1) is 10.2 Å². The van der Waals surface area contributed by atoms with Gasteiger partial charge in [-0.25, -0.2) is 9.97 Å². The molecule has 4 rings (SSSR count). The van der Waals surface area contributed by atoms with Crippen molar-refractivity contribution < 1.29 is 0 Å². The quantitative estimate of drug-likeness (QED) is 0.770. The van der Waals surface area contributed by atoms with Gasteiger partial charge < -0.3 is 10.6 Å². The number of fused-ring (bicyclic) bond motifs is 3. The van der Waals surface area contributed by atoms with E-state index < -0.39 is 0 Å². The lowest BCUT2D eigenvalue weighted by molar-refractivity contribution is 0.497. The zero-order valence-electron chi connectivity index (χ0n) is 15.2.